The number of methoxy groups -OCH3 is 1. The van der Waals surface area contributed by atoms with Gasteiger partial charge in [-0.1, -0.05) is 47.5 Å². The van der Waals surface area contributed by atoms with Crippen molar-refractivity contribution >= 4 is 29.1 Å². The highest BCUT2D eigenvalue weighted by Crippen LogP contribution is 2.43. The Labute approximate surface area is 209 Å². The number of benzene rings is 3. The summed E-state index contributed by atoms with van der Waals surface area (Å²) in [7, 11) is 1.47. The fraction of sp³-hybridized carbons (Fsp3) is 0.207. The molecule has 36 heavy (non-hydrogen) atoms. The fourth-order valence-corrected chi connectivity index (χ4v) is 4.40. The third-order valence-corrected chi connectivity index (χ3v) is 6.05. The van der Waals surface area contributed by atoms with Gasteiger partial charge in [0.1, 0.15) is 11.5 Å². The van der Waals surface area contributed by atoms with Gasteiger partial charge in [-0.3, -0.25) is 14.5 Å². The largest absolute Gasteiger partial charge is 0.507 e. The standard InChI is InChI=1S/C29H27NO6/c1-5-36-29(34)20-10-7-11-21(16-20)30-25(19-9-6-8-17(2)14-19)24(27(32)28(30)33)26(31)22-15-18(3)12-13-23(22)35-4/h6-16,25,31H,5H2,1-4H3/b26-24+. The number of hydrogen-bond acceptors (Lipinski definition) is 6. The number of esters is 1. The lowest BCUT2D eigenvalue weighted by atomic mass is 9.93. The zero-order chi connectivity index (χ0) is 26.0. The van der Waals surface area contributed by atoms with Crippen molar-refractivity contribution in [3.8, 4) is 5.75 Å². The van der Waals surface area contributed by atoms with Crippen molar-refractivity contribution in [1.82, 2.24) is 0 Å². The molecule has 0 aromatic heterocycles. The highest BCUT2D eigenvalue weighted by atomic mass is 16.5. The van der Waals surface area contributed by atoms with Crippen LogP contribution in [0.1, 0.15) is 45.6 Å². The van der Waals surface area contributed by atoms with Crippen molar-refractivity contribution in [2.45, 2.75) is 26.8 Å². The maximum atomic E-state index is 13.4. The summed E-state index contributed by atoms with van der Waals surface area (Å²) in [6.07, 6.45) is 0. The van der Waals surface area contributed by atoms with Crippen LogP contribution in [0.4, 0.5) is 5.69 Å². The van der Waals surface area contributed by atoms with Gasteiger partial charge < -0.3 is 14.6 Å². The third kappa shape index (κ3) is 4.47. The zero-order valence-corrected chi connectivity index (χ0v) is 20.6. The number of aliphatic hydroxyl groups excluding tert-OH is 1. The molecule has 0 bridgehead atoms. The van der Waals surface area contributed by atoms with Gasteiger partial charge in [0.25, 0.3) is 11.7 Å². The first-order valence-electron chi connectivity index (χ1n) is 11.6. The van der Waals surface area contributed by atoms with Crippen molar-refractivity contribution in [2.75, 3.05) is 18.6 Å². The molecule has 4 rings (SSSR count). The Hall–Kier alpha value is -4.39. The summed E-state index contributed by atoms with van der Waals surface area (Å²) in [5, 5.41) is 11.4. The number of rotatable bonds is 6. The van der Waals surface area contributed by atoms with Gasteiger partial charge >= 0.3 is 5.97 Å². The van der Waals surface area contributed by atoms with Gasteiger partial charge in [-0.05, 0) is 56.7 Å². The molecule has 184 valence electrons. The van der Waals surface area contributed by atoms with Crippen molar-refractivity contribution < 1.29 is 29.0 Å². The molecule has 1 amide bonds. The molecule has 1 heterocycles. The second kappa shape index (κ2) is 10.1. The number of ketones is 1. The van der Waals surface area contributed by atoms with E-state index in [0.29, 0.717) is 22.6 Å². The van der Waals surface area contributed by atoms with Gasteiger partial charge in [-0.15, -0.1) is 0 Å². The molecule has 1 fully saturated rings. The molecular formula is C29H27NO6. The fourth-order valence-electron chi connectivity index (χ4n) is 4.40. The number of amides is 1. The van der Waals surface area contributed by atoms with E-state index in [1.165, 1.54) is 18.1 Å². The van der Waals surface area contributed by atoms with E-state index < -0.39 is 23.7 Å². The van der Waals surface area contributed by atoms with Crippen LogP contribution in [0.15, 0.2) is 72.3 Å². The van der Waals surface area contributed by atoms with Crippen molar-refractivity contribution in [2.24, 2.45) is 0 Å². The van der Waals surface area contributed by atoms with Crippen LogP contribution in [-0.4, -0.2) is 36.5 Å². The number of ether oxygens (including phenoxy) is 2. The summed E-state index contributed by atoms with van der Waals surface area (Å²) in [5.74, 6) is -2.13. The monoisotopic (exact) mass is 485 g/mol. The Morgan fingerprint density at radius 1 is 0.972 bits per heavy atom. The normalized spacial score (nSPS) is 16.8. The van der Waals surface area contributed by atoms with Crippen LogP contribution in [0.3, 0.4) is 0 Å². The average molecular weight is 486 g/mol. The Balaban J connectivity index is 1.96. The number of carbonyl (C=O) groups is 3. The van der Waals surface area contributed by atoms with Gasteiger partial charge in [0, 0.05) is 5.69 Å². The van der Waals surface area contributed by atoms with Gasteiger partial charge in [0.15, 0.2) is 0 Å². The van der Waals surface area contributed by atoms with Crippen molar-refractivity contribution in [3.63, 3.8) is 0 Å². The Bertz CT molecular complexity index is 1390. The summed E-state index contributed by atoms with van der Waals surface area (Å²) in [6, 6.07) is 18.1. The maximum Gasteiger partial charge on any atom is 0.338 e. The van der Waals surface area contributed by atoms with Crippen molar-refractivity contribution in [3.05, 3.63) is 100 Å². The minimum Gasteiger partial charge on any atom is -0.507 e. The van der Waals surface area contributed by atoms with Crippen LogP contribution in [0.25, 0.3) is 5.76 Å². The summed E-state index contributed by atoms with van der Waals surface area (Å²) in [4.78, 5) is 40.5. The molecule has 7 nitrogen and oxygen atoms in total. The van der Waals surface area contributed by atoms with Crippen molar-refractivity contribution in [1.29, 1.82) is 0 Å². The quantitative estimate of drug-likeness (QED) is 0.226. The van der Waals surface area contributed by atoms with E-state index in [1.54, 1.807) is 43.3 Å². The average Bonchev–Trinajstić information content (AvgIpc) is 3.14. The van der Waals surface area contributed by atoms with E-state index in [2.05, 4.69) is 0 Å². The van der Waals surface area contributed by atoms with Crippen LogP contribution < -0.4 is 9.64 Å². The molecule has 0 aliphatic carbocycles. The lowest BCUT2D eigenvalue weighted by Gasteiger charge is -2.26. The maximum absolute atomic E-state index is 13.4. The summed E-state index contributed by atoms with van der Waals surface area (Å²) in [6.45, 7) is 5.67. The Kier molecular flexibility index (Phi) is 6.92. The molecule has 1 atom stereocenters. The van der Waals surface area contributed by atoms with Crippen LogP contribution in [0.2, 0.25) is 0 Å². The molecule has 0 spiro atoms. The first-order valence-corrected chi connectivity index (χ1v) is 11.6. The van der Waals surface area contributed by atoms with Crippen LogP contribution in [0, 0.1) is 13.8 Å². The number of aryl methyl sites for hydroxylation is 2. The zero-order valence-electron chi connectivity index (χ0n) is 20.6. The molecule has 1 N–H and O–H groups in total. The predicted molar refractivity (Wildman–Crippen MR) is 136 cm³/mol. The molecule has 7 heteroatoms. The highest BCUT2D eigenvalue weighted by molar-refractivity contribution is 6.51. The minimum absolute atomic E-state index is 0.0592. The number of Topliss-reactive ketones (excluding diaryl/α,β-unsaturated/α-hetero) is 1. The molecule has 1 aliphatic rings. The number of carbonyl (C=O) groups excluding carboxylic acids is 3. The van der Waals surface area contributed by atoms with Crippen LogP contribution in [-0.2, 0) is 14.3 Å². The smallest absolute Gasteiger partial charge is 0.338 e. The summed E-state index contributed by atoms with van der Waals surface area (Å²) >= 11 is 0. The molecule has 0 saturated carbocycles. The van der Waals surface area contributed by atoms with Gasteiger partial charge in [-0.25, -0.2) is 4.79 Å². The van der Waals surface area contributed by atoms with E-state index in [1.807, 2.05) is 38.1 Å². The first kappa shape index (κ1) is 24.7. The van der Waals surface area contributed by atoms with E-state index in [4.69, 9.17) is 9.47 Å². The molecule has 1 aliphatic heterocycles. The number of hydrogen-bond donors (Lipinski definition) is 1. The molecule has 3 aromatic rings. The van der Waals surface area contributed by atoms with E-state index in [9.17, 15) is 19.5 Å². The molecular weight excluding hydrogens is 458 g/mol. The molecule has 0 radical (unpaired) electrons. The van der Waals surface area contributed by atoms with Gasteiger partial charge in [-0.2, -0.15) is 0 Å². The van der Waals surface area contributed by atoms with Gasteiger partial charge in [0.05, 0.1) is 36.5 Å². The number of nitrogens with zero attached hydrogens (tertiary/aromatic N) is 1. The topological polar surface area (TPSA) is 93.1 Å². The van der Waals surface area contributed by atoms with Crippen LogP contribution in [0.5, 0.6) is 5.75 Å². The van der Waals surface area contributed by atoms with E-state index in [-0.39, 0.29) is 23.5 Å². The Morgan fingerprint density at radius 2 is 1.69 bits per heavy atom. The predicted octanol–water partition coefficient (Wildman–Crippen LogP) is 5.12. The minimum atomic E-state index is -0.924. The summed E-state index contributed by atoms with van der Waals surface area (Å²) < 4.78 is 10.5. The lowest BCUT2D eigenvalue weighted by molar-refractivity contribution is -0.132. The molecule has 1 unspecified atom stereocenters. The summed E-state index contributed by atoms with van der Waals surface area (Å²) in [5.41, 5.74) is 3.25. The second-order valence-corrected chi connectivity index (χ2v) is 8.56. The third-order valence-electron chi connectivity index (χ3n) is 6.05. The van der Waals surface area contributed by atoms with E-state index in [0.717, 1.165) is 11.1 Å². The highest BCUT2D eigenvalue weighted by Gasteiger charge is 2.47. The van der Waals surface area contributed by atoms with E-state index >= 15 is 0 Å². The number of aliphatic hydroxyl groups is 1. The van der Waals surface area contributed by atoms with Gasteiger partial charge in [0.2, 0.25) is 0 Å². The molecule has 1 saturated heterocycles. The van der Waals surface area contributed by atoms with Crippen LogP contribution >= 0.6 is 0 Å². The second-order valence-electron chi connectivity index (χ2n) is 8.56. The Morgan fingerprint density at radius 3 is 2.39 bits per heavy atom. The SMILES string of the molecule is CCOC(=O)c1cccc(N2C(=O)C(=O)/C(=C(/O)c3cc(C)ccc3OC)C2c2cccc(C)c2)c1. The number of anilines is 1. The first-order chi connectivity index (χ1) is 17.3. The lowest BCUT2D eigenvalue weighted by Crippen LogP contribution is -2.29. The molecule has 3 aromatic carbocycles.